The standard InChI is InChI=1S/C14H19N3O2S/c1-3-9-17-12(18)15-16-13(17)20-10-14(2,19)11-7-5-4-6-8-11/h4-8,19H,3,9-10H2,1-2H3,(H,15,18). The fourth-order valence-electron chi connectivity index (χ4n) is 1.92. The molecule has 0 saturated heterocycles. The second-order valence-corrected chi connectivity index (χ2v) is 5.83. The van der Waals surface area contributed by atoms with E-state index < -0.39 is 5.60 Å². The summed E-state index contributed by atoms with van der Waals surface area (Å²) < 4.78 is 1.60. The first-order chi connectivity index (χ1) is 9.54. The van der Waals surface area contributed by atoms with Crippen LogP contribution in [0.3, 0.4) is 0 Å². The molecule has 0 aliphatic rings. The van der Waals surface area contributed by atoms with Crippen molar-refractivity contribution in [1.29, 1.82) is 0 Å². The van der Waals surface area contributed by atoms with Crippen LogP contribution >= 0.6 is 11.8 Å². The molecule has 6 heteroatoms. The molecule has 20 heavy (non-hydrogen) atoms. The van der Waals surface area contributed by atoms with E-state index in [9.17, 15) is 9.90 Å². The molecule has 108 valence electrons. The third-order valence-electron chi connectivity index (χ3n) is 3.05. The maximum absolute atomic E-state index is 11.6. The van der Waals surface area contributed by atoms with E-state index in [0.717, 1.165) is 12.0 Å². The third kappa shape index (κ3) is 3.32. The van der Waals surface area contributed by atoms with Gasteiger partial charge in [0.25, 0.3) is 0 Å². The molecule has 0 saturated carbocycles. The number of H-pyrrole nitrogens is 1. The van der Waals surface area contributed by atoms with Crippen LogP contribution in [0.5, 0.6) is 0 Å². The van der Waals surface area contributed by atoms with Crippen LogP contribution in [-0.2, 0) is 12.1 Å². The van der Waals surface area contributed by atoms with Gasteiger partial charge in [-0.1, -0.05) is 49.0 Å². The number of rotatable bonds is 6. The van der Waals surface area contributed by atoms with Gasteiger partial charge in [-0.05, 0) is 18.9 Å². The topological polar surface area (TPSA) is 70.9 Å². The lowest BCUT2D eigenvalue weighted by molar-refractivity contribution is 0.0838. The number of nitrogens with zero attached hydrogens (tertiary/aromatic N) is 2. The van der Waals surface area contributed by atoms with Crippen molar-refractivity contribution in [2.75, 3.05) is 5.75 Å². The van der Waals surface area contributed by atoms with E-state index in [4.69, 9.17) is 0 Å². The summed E-state index contributed by atoms with van der Waals surface area (Å²) in [6.07, 6.45) is 0.863. The molecule has 0 bridgehead atoms. The number of aromatic amines is 1. The quantitative estimate of drug-likeness (QED) is 0.799. The molecule has 0 spiro atoms. The second kappa shape index (κ2) is 6.28. The van der Waals surface area contributed by atoms with E-state index in [1.165, 1.54) is 11.8 Å². The minimum atomic E-state index is -0.960. The molecule has 1 atom stereocenters. The first-order valence-corrected chi connectivity index (χ1v) is 7.59. The molecule has 2 rings (SSSR count). The Morgan fingerprint density at radius 1 is 1.40 bits per heavy atom. The van der Waals surface area contributed by atoms with Gasteiger partial charge in [0.1, 0.15) is 0 Å². The van der Waals surface area contributed by atoms with E-state index in [1.807, 2.05) is 37.3 Å². The zero-order chi connectivity index (χ0) is 14.6. The molecule has 0 radical (unpaired) electrons. The van der Waals surface area contributed by atoms with Gasteiger partial charge in [-0.2, -0.15) is 0 Å². The summed E-state index contributed by atoms with van der Waals surface area (Å²) in [6, 6.07) is 9.50. The normalized spacial score (nSPS) is 14.2. The van der Waals surface area contributed by atoms with E-state index in [1.54, 1.807) is 11.5 Å². The predicted octanol–water partition coefficient (Wildman–Crippen LogP) is 1.98. The van der Waals surface area contributed by atoms with Gasteiger partial charge in [0.05, 0.1) is 5.60 Å². The molecule has 1 aromatic heterocycles. The predicted molar refractivity (Wildman–Crippen MR) is 79.9 cm³/mol. The highest BCUT2D eigenvalue weighted by atomic mass is 32.2. The number of nitrogens with one attached hydrogen (secondary N) is 1. The Morgan fingerprint density at radius 3 is 2.75 bits per heavy atom. The SMILES string of the molecule is CCCn1c(SCC(C)(O)c2ccccc2)n[nH]c1=O. The Labute approximate surface area is 122 Å². The van der Waals surface area contributed by atoms with Crippen LogP contribution < -0.4 is 5.69 Å². The minimum Gasteiger partial charge on any atom is -0.385 e. The Kier molecular flexibility index (Phi) is 4.67. The highest BCUT2D eigenvalue weighted by Crippen LogP contribution is 2.27. The van der Waals surface area contributed by atoms with Crippen molar-refractivity contribution in [2.24, 2.45) is 0 Å². The zero-order valence-corrected chi connectivity index (χ0v) is 12.5. The molecular weight excluding hydrogens is 274 g/mol. The van der Waals surface area contributed by atoms with Crippen LogP contribution in [0.4, 0.5) is 0 Å². The van der Waals surface area contributed by atoms with E-state index in [0.29, 0.717) is 17.5 Å². The molecule has 0 aliphatic heterocycles. The largest absolute Gasteiger partial charge is 0.385 e. The van der Waals surface area contributed by atoms with Crippen LogP contribution in [0.15, 0.2) is 40.3 Å². The van der Waals surface area contributed by atoms with Crippen LogP contribution in [-0.4, -0.2) is 25.6 Å². The van der Waals surface area contributed by atoms with Gasteiger partial charge in [0.15, 0.2) is 5.16 Å². The van der Waals surface area contributed by atoms with Gasteiger partial charge in [-0.25, -0.2) is 9.89 Å². The lowest BCUT2D eigenvalue weighted by Crippen LogP contribution is -2.25. The smallest absolute Gasteiger partial charge is 0.343 e. The Hall–Kier alpha value is -1.53. The first-order valence-electron chi connectivity index (χ1n) is 6.60. The van der Waals surface area contributed by atoms with E-state index in [2.05, 4.69) is 10.2 Å². The summed E-state index contributed by atoms with van der Waals surface area (Å²) in [7, 11) is 0. The molecular formula is C14H19N3O2S. The van der Waals surface area contributed by atoms with Gasteiger partial charge in [0.2, 0.25) is 0 Å². The molecule has 1 unspecified atom stereocenters. The summed E-state index contributed by atoms with van der Waals surface area (Å²) in [5.74, 6) is 0.436. The number of hydrogen-bond acceptors (Lipinski definition) is 4. The molecule has 2 N–H and O–H groups in total. The van der Waals surface area contributed by atoms with Crippen molar-refractivity contribution in [2.45, 2.75) is 37.6 Å². The summed E-state index contributed by atoms with van der Waals surface area (Å²) in [5.41, 5.74) is -0.307. The number of benzene rings is 1. The molecule has 0 aliphatic carbocycles. The van der Waals surface area contributed by atoms with E-state index >= 15 is 0 Å². The first kappa shape index (κ1) is 14.9. The van der Waals surface area contributed by atoms with Crippen LogP contribution in [0.2, 0.25) is 0 Å². The van der Waals surface area contributed by atoms with Crippen molar-refractivity contribution in [3.63, 3.8) is 0 Å². The summed E-state index contributed by atoms with van der Waals surface area (Å²) >= 11 is 1.38. The van der Waals surface area contributed by atoms with Crippen molar-refractivity contribution >= 4 is 11.8 Å². The van der Waals surface area contributed by atoms with Crippen molar-refractivity contribution in [3.05, 3.63) is 46.4 Å². The summed E-state index contributed by atoms with van der Waals surface area (Å²) in [4.78, 5) is 11.6. The summed E-state index contributed by atoms with van der Waals surface area (Å²) in [6.45, 7) is 4.41. The lowest BCUT2D eigenvalue weighted by atomic mass is 9.99. The van der Waals surface area contributed by atoms with E-state index in [-0.39, 0.29) is 5.69 Å². The molecule has 0 amide bonds. The number of thioether (sulfide) groups is 1. The van der Waals surface area contributed by atoms with Crippen LogP contribution in [0.25, 0.3) is 0 Å². The van der Waals surface area contributed by atoms with Crippen molar-refractivity contribution in [3.8, 4) is 0 Å². The Bertz CT molecular complexity index is 604. The second-order valence-electron chi connectivity index (χ2n) is 4.89. The molecule has 1 aromatic carbocycles. The number of hydrogen-bond donors (Lipinski definition) is 2. The molecule has 2 aromatic rings. The van der Waals surface area contributed by atoms with Gasteiger partial charge < -0.3 is 5.11 Å². The highest BCUT2D eigenvalue weighted by Gasteiger charge is 2.24. The zero-order valence-electron chi connectivity index (χ0n) is 11.7. The number of aromatic nitrogens is 3. The minimum absolute atomic E-state index is 0.200. The van der Waals surface area contributed by atoms with Crippen molar-refractivity contribution < 1.29 is 5.11 Å². The van der Waals surface area contributed by atoms with Crippen LogP contribution in [0.1, 0.15) is 25.8 Å². The van der Waals surface area contributed by atoms with Crippen molar-refractivity contribution in [1.82, 2.24) is 14.8 Å². The Morgan fingerprint density at radius 2 is 2.10 bits per heavy atom. The fourth-order valence-corrected chi connectivity index (χ4v) is 2.94. The average molecular weight is 293 g/mol. The van der Waals surface area contributed by atoms with Crippen LogP contribution in [0, 0.1) is 0 Å². The average Bonchev–Trinajstić information content (AvgIpc) is 2.79. The maximum atomic E-state index is 11.6. The molecule has 0 fully saturated rings. The Balaban J connectivity index is 2.10. The molecule has 1 heterocycles. The lowest BCUT2D eigenvalue weighted by Gasteiger charge is -2.23. The molecule has 5 nitrogen and oxygen atoms in total. The van der Waals surface area contributed by atoms with Gasteiger partial charge in [-0.15, -0.1) is 5.10 Å². The van der Waals surface area contributed by atoms with Gasteiger partial charge >= 0.3 is 5.69 Å². The fraction of sp³-hybridized carbons (Fsp3) is 0.429. The third-order valence-corrected chi connectivity index (χ3v) is 4.32. The maximum Gasteiger partial charge on any atom is 0.343 e. The monoisotopic (exact) mass is 293 g/mol. The number of aliphatic hydroxyl groups is 1. The highest BCUT2D eigenvalue weighted by molar-refractivity contribution is 7.99. The van der Waals surface area contributed by atoms with Gasteiger partial charge in [0, 0.05) is 12.3 Å². The van der Waals surface area contributed by atoms with Gasteiger partial charge in [-0.3, -0.25) is 4.57 Å². The summed E-state index contributed by atoms with van der Waals surface area (Å²) in [5, 5.41) is 17.6.